The highest BCUT2D eigenvalue weighted by Crippen LogP contribution is 2.50. The minimum atomic E-state index is -2.64. The lowest BCUT2D eigenvalue weighted by molar-refractivity contribution is -0.158. The number of aryl methyl sites for hydroxylation is 1. The van der Waals surface area contributed by atoms with Crippen LogP contribution in [0.25, 0.3) is 0 Å². The van der Waals surface area contributed by atoms with Crippen molar-refractivity contribution in [3.63, 3.8) is 0 Å². The fourth-order valence-corrected chi connectivity index (χ4v) is 4.97. The number of nitrogens with zero attached hydrogens (tertiary/aromatic N) is 4. The summed E-state index contributed by atoms with van der Waals surface area (Å²) >= 11 is 1.75. The van der Waals surface area contributed by atoms with Crippen LogP contribution in [0.5, 0.6) is 0 Å². The Morgan fingerprint density at radius 1 is 1.12 bits per heavy atom. The summed E-state index contributed by atoms with van der Waals surface area (Å²) in [6.07, 6.45) is 3.74. The Bertz CT molecular complexity index is 736. The van der Waals surface area contributed by atoms with E-state index in [0.717, 1.165) is 6.54 Å². The van der Waals surface area contributed by atoms with Gasteiger partial charge in [-0.25, -0.2) is 18.7 Å². The Balaban J connectivity index is 1.52. The van der Waals surface area contributed by atoms with Crippen LogP contribution in [0.1, 0.15) is 22.6 Å². The SMILES string of the molecule is Cc1ccc(CN2CCC(F)(F)C3(CCN(c4ncccn4)C3)C2)s1. The molecular weight excluding hydrogens is 342 g/mol. The summed E-state index contributed by atoms with van der Waals surface area (Å²) in [4.78, 5) is 15.1. The first-order valence-corrected chi connectivity index (χ1v) is 9.47. The Kier molecular flexibility index (Phi) is 4.24. The van der Waals surface area contributed by atoms with Gasteiger partial charge in [0.15, 0.2) is 0 Å². The van der Waals surface area contributed by atoms with Crippen molar-refractivity contribution in [3.05, 3.63) is 40.3 Å². The van der Waals surface area contributed by atoms with Gasteiger partial charge in [-0.3, -0.25) is 4.90 Å². The molecule has 2 saturated heterocycles. The van der Waals surface area contributed by atoms with E-state index in [9.17, 15) is 8.78 Å². The van der Waals surface area contributed by atoms with Crippen LogP contribution < -0.4 is 4.90 Å². The quantitative estimate of drug-likeness (QED) is 0.833. The van der Waals surface area contributed by atoms with Crippen molar-refractivity contribution in [1.82, 2.24) is 14.9 Å². The van der Waals surface area contributed by atoms with Crippen LogP contribution in [0.4, 0.5) is 14.7 Å². The molecule has 1 atom stereocenters. The number of thiophene rings is 1. The Hall–Kier alpha value is -1.60. The molecule has 4 nitrogen and oxygen atoms in total. The number of rotatable bonds is 3. The van der Waals surface area contributed by atoms with Gasteiger partial charge < -0.3 is 4.90 Å². The van der Waals surface area contributed by atoms with Crippen molar-refractivity contribution in [2.24, 2.45) is 5.41 Å². The summed E-state index contributed by atoms with van der Waals surface area (Å²) < 4.78 is 29.8. The first-order valence-electron chi connectivity index (χ1n) is 8.65. The summed E-state index contributed by atoms with van der Waals surface area (Å²) in [6, 6.07) is 5.95. The largest absolute Gasteiger partial charge is 0.340 e. The molecule has 0 bridgehead atoms. The molecule has 2 aromatic rings. The van der Waals surface area contributed by atoms with E-state index in [1.165, 1.54) is 9.75 Å². The van der Waals surface area contributed by atoms with Crippen molar-refractivity contribution in [2.75, 3.05) is 31.1 Å². The molecule has 0 saturated carbocycles. The highest BCUT2D eigenvalue weighted by atomic mass is 32.1. The van der Waals surface area contributed by atoms with Gasteiger partial charge in [-0.05, 0) is 31.5 Å². The van der Waals surface area contributed by atoms with E-state index < -0.39 is 11.3 Å². The number of hydrogen-bond donors (Lipinski definition) is 0. The molecule has 1 spiro atoms. The molecule has 1 unspecified atom stereocenters. The summed E-state index contributed by atoms with van der Waals surface area (Å²) in [5.41, 5.74) is -1.00. The van der Waals surface area contributed by atoms with Gasteiger partial charge in [0.05, 0.1) is 5.41 Å². The average molecular weight is 364 g/mol. The summed E-state index contributed by atoms with van der Waals surface area (Å²) in [5, 5.41) is 0. The number of halogens is 2. The number of aromatic nitrogens is 2. The molecule has 2 aliphatic heterocycles. The Labute approximate surface area is 150 Å². The van der Waals surface area contributed by atoms with Crippen molar-refractivity contribution < 1.29 is 8.78 Å². The lowest BCUT2D eigenvalue weighted by Crippen LogP contribution is -2.56. The summed E-state index contributed by atoms with van der Waals surface area (Å²) in [5.74, 6) is -2.08. The zero-order valence-electron chi connectivity index (χ0n) is 14.3. The highest BCUT2D eigenvalue weighted by molar-refractivity contribution is 7.11. The van der Waals surface area contributed by atoms with E-state index in [1.807, 2.05) is 4.90 Å². The maximum atomic E-state index is 14.9. The molecule has 0 radical (unpaired) electrons. The first-order chi connectivity index (χ1) is 12.0. The van der Waals surface area contributed by atoms with E-state index >= 15 is 0 Å². The fraction of sp³-hybridized carbons (Fsp3) is 0.556. The molecule has 2 fully saturated rings. The summed E-state index contributed by atoms with van der Waals surface area (Å²) in [7, 11) is 0. The molecule has 2 aliphatic rings. The number of alkyl halides is 2. The molecule has 0 aromatic carbocycles. The molecule has 4 heterocycles. The zero-order chi connectivity index (χ0) is 17.5. The third-order valence-corrected chi connectivity index (χ3v) is 6.39. The second-order valence-corrected chi connectivity index (χ2v) is 8.55. The predicted octanol–water partition coefficient (Wildman–Crippen LogP) is 3.58. The molecule has 2 aromatic heterocycles. The van der Waals surface area contributed by atoms with Crippen LogP contribution >= 0.6 is 11.3 Å². The van der Waals surface area contributed by atoms with Crippen LogP contribution in [0.3, 0.4) is 0 Å². The second kappa shape index (κ2) is 6.29. The number of piperidine rings is 1. The maximum Gasteiger partial charge on any atom is 0.257 e. The van der Waals surface area contributed by atoms with Gasteiger partial charge in [-0.2, -0.15) is 0 Å². The Morgan fingerprint density at radius 3 is 2.64 bits per heavy atom. The van der Waals surface area contributed by atoms with Crippen LogP contribution in [0.2, 0.25) is 0 Å². The average Bonchev–Trinajstić information content (AvgIpc) is 3.20. The highest BCUT2D eigenvalue weighted by Gasteiger charge is 2.59. The second-order valence-electron chi connectivity index (χ2n) is 7.18. The van der Waals surface area contributed by atoms with Crippen molar-refractivity contribution in [3.8, 4) is 0 Å². The van der Waals surface area contributed by atoms with Gasteiger partial charge >= 0.3 is 0 Å². The number of likely N-dealkylation sites (tertiary alicyclic amines) is 1. The lowest BCUT2D eigenvalue weighted by Gasteiger charge is -2.45. The molecule has 25 heavy (non-hydrogen) atoms. The molecule has 0 aliphatic carbocycles. The molecule has 0 N–H and O–H groups in total. The molecular formula is C18H22F2N4S. The maximum absolute atomic E-state index is 14.9. The molecule has 0 amide bonds. The smallest absolute Gasteiger partial charge is 0.257 e. The Morgan fingerprint density at radius 2 is 1.92 bits per heavy atom. The number of anilines is 1. The van der Waals surface area contributed by atoms with E-state index in [0.29, 0.717) is 38.5 Å². The van der Waals surface area contributed by atoms with Crippen molar-refractivity contribution in [2.45, 2.75) is 32.2 Å². The van der Waals surface area contributed by atoms with Gasteiger partial charge in [0, 0.05) is 61.3 Å². The number of hydrogen-bond acceptors (Lipinski definition) is 5. The minimum absolute atomic E-state index is 0.0686. The van der Waals surface area contributed by atoms with Gasteiger partial charge in [0.25, 0.3) is 5.92 Å². The van der Waals surface area contributed by atoms with Crippen molar-refractivity contribution >= 4 is 17.3 Å². The van der Waals surface area contributed by atoms with E-state index in [-0.39, 0.29) is 6.42 Å². The molecule has 7 heteroatoms. The normalized spacial score (nSPS) is 26.4. The topological polar surface area (TPSA) is 32.3 Å². The predicted molar refractivity (Wildman–Crippen MR) is 95.2 cm³/mol. The van der Waals surface area contributed by atoms with E-state index in [1.54, 1.807) is 29.8 Å². The van der Waals surface area contributed by atoms with Gasteiger partial charge in [-0.1, -0.05) is 0 Å². The van der Waals surface area contributed by atoms with Gasteiger partial charge in [0.2, 0.25) is 5.95 Å². The first kappa shape index (κ1) is 16.8. The van der Waals surface area contributed by atoms with Crippen LogP contribution in [0, 0.1) is 12.3 Å². The monoisotopic (exact) mass is 364 g/mol. The van der Waals surface area contributed by atoms with Crippen molar-refractivity contribution in [1.29, 1.82) is 0 Å². The standard InChI is InChI=1S/C18H22F2N4S/c1-14-3-4-15(25-14)11-23-9-6-18(19,20)17(12-23)5-10-24(13-17)16-21-7-2-8-22-16/h2-4,7-8H,5-6,9-13H2,1H3. The fourth-order valence-electron chi connectivity index (χ4n) is 4.04. The summed E-state index contributed by atoms with van der Waals surface area (Å²) in [6.45, 7) is 4.64. The lowest BCUT2D eigenvalue weighted by atomic mass is 9.75. The zero-order valence-corrected chi connectivity index (χ0v) is 15.1. The van der Waals surface area contributed by atoms with E-state index in [4.69, 9.17) is 0 Å². The van der Waals surface area contributed by atoms with Gasteiger partial charge in [-0.15, -0.1) is 11.3 Å². The van der Waals surface area contributed by atoms with Crippen LogP contribution in [0.15, 0.2) is 30.6 Å². The van der Waals surface area contributed by atoms with Gasteiger partial charge in [0.1, 0.15) is 0 Å². The third-order valence-electron chi connectivity index (χ3n) is 5.41. The molecule has 4 rings (SSSR count). The molecule has 134 valence electrons. The third kappa shape index (κ3) is 3.15. The van der Waals surface area contributed by atoms with Crippen LogP contribution in [-0.2, 0) is 6.54 Å². The minimum Gasteiger partial charge on any atom is -0.340 e. The van der Waals surface area contributed by atoms with E-state index in [2.05, 4.69) is 33.9 Å². The van der Waals surface area contributed by atoms with Crippen LogP contribution in [-0.4, -0.2) is 47.0 Å².